The van der Waals surface area contributed by atoms with Gasteiger partial charge in [-0.15, -0.1) is 0 Å². The van der Waals surface area contributed by atoms with Crippen molar-refractivity contribution >= 4 is 17.9 Å². The number of hydrogen-bond acceptors (Lipinski definition) is 6. The normalized spacial score (nSPS) is 13.2. The van der Waals surface area contributed by atoms with Crippen molar-refractivity contribution in [3.8, 4) is 0 Å². The Hall–Kier alpha value is -5.23. The van der Waals surface area contributed by atoms with E-state index in [1.165, 1.54) is 96.3 Å². The predicted molar refractivity (Wildman–Crippen MR) is 361 cm³/mol. The van der Waals surface area contributed by atoms with Crippen molar-refractivity contribution in [3.63, 3.8) is 0 Å². The minimum absolute atomic E-state index is 0.121. The molecule has 0 N–H and O–H groups in total. The summed E-state index contributed by atoms with van der Waals surface area (Å²) in [6.45, 7) is 6.31. The van der Waals surface area contributed by atoms with Crippen LogP contribution in [0.4, 0.5) is 0 Å². The van der Waals surface area contributed by atoms with Crippen LogP contribution in [0.15, 0.2) is 170 Å². The lowest BCUT2D eigenvalue weighted by Gasteiger charge is -2.18. The van der Waals surface area contributed by atoms with E-state index in [4.69, 9.17) is 14.2 Å². The number of rotatable bonds is 59. The highest BCUT2D eigenvalue weighted by Crippen LogP contribution is 2.15. The molecule has 6 heteroatoms. The Balaban J connectivity index is 4.49. The van der Waals surface area contributed by atoms with Gasteiger partial charge >= 0.3 is 17.9 Å². The molecule has 0 saturated carbocycles. The predicted octanol–water partition coefficient (Wildman–Crippen LogP) is 23.4. The van der Waals surface area contributed by atoms with E-state index < -0.39 is 12.1 Å². The molecule has 1 unspecified atom stereocenters. The Morgan fingerprint density at radius 2 is 0.494 bits per heavy atom. The van der Waals surface area contributed by atoms with Gasteiger partial charge in [-0.3, -0.25) is 14.4 Å². The quantitative estimate of drug-likeness (QED) is 0.0261. The summed E-state index contributed by atoms with van der Waals surface area (Å²) < 4.78 is 16.9. The molecule has 0 saturated heterocycles. The number of esters is 3. The number of hydrogen-bond donors (Lipinski definition) is 0. The lowest BCUT2D eigenvalue weighted by Crippen LogP contribution is -2.30. The van der Waals surface area contributed by atoms with Crippen molar-refractivity contribution in [1.82, 2.24) is 0 Å². The first-order valence-corrected chi connectivity index (χ1v) is 33.6. The Morgan fingerprint density at radius 3 is 0.783 bits per heavy atom. The molecular formula is C77H122O6. The summed E-state index contributed by atoms with van der Waals surface area (Å²) in [5.74, 6) is -1.02. The fraction of sp³-hybridized carbons (Fsp3) is 0.597. The molecule has 83 heavy (non-hydrogen) atoms. The van der Waals surface area contributed by atoms with Gasteiger partial charge in [0.1, 0.15) is 13.2 Å². The van der Waals surface area contributed by atoms with Crippen molar-refractivity contribution in [3.05, 3.63) is 170 Å². The summed E-state index contributed by atoms with van der Waals surface area (Å²) in [4.78, 5) is 38.4. The molecule has 1 atom stereocenters. The molecule has 0 spiro atoms. The fourth-order valence-corrected chi connectivity index (χ4v) is 8.74. The summed E-state index contributed by atoms with van der Waals surface area (Å²) in [6.07, 6.45) is 102. The van der Waals surface area contributed by atoms with Crippen LogP contribution in [0, 0.1) is 0 Å². The van der Waals surface area contributed by atoms with Gasteiger partial charge in [-0.25, -0.2) is 0 Å². The van der Waals surface area contributed by atoms with E-state index in [1.807, 2.05) is 6.08 Å². The first kappa shape index (κ1) is 77.8. The molecule has 0 aromatic heterocycles. The maximum Gasteiger partial charge on any atom is 0.306 e. The SMILES string of the molecule is CC/C=C\C/C=C\C/C=C\C/C=C\C/C=C\C/C=C\CCC(=O)OC(COC(=O)CCCCCCCC/C=C\C/C=C\C/C=C\CCCCC)COC(=O)CCCCCCCCCCCCC/C=C\C/C=C\C/C=C\C/C=C\C/C=C\CC. The molecule has 0 aliphatic heterocycles. The van der Waals surface area contributed by atoms with Crippen molar-refractivity contribution < 1.29 is 28.6 Å². The van der Waals surface area contributed by atoms with Gasteiger partial charge in [-0.1, -0.05) is 287 Å². The van der Waals surface area contributed by atoms with E-state index in [-0.39, 0.29) is 31.6 Å². The van der Waals surface area contributed by atoms with Crippen molar-refractivity contribution in [2.75, 3.05) is 13.2 Å². The zero-order chi connectivity index (χ0) is 59.9. The molecule has 0 aliphatic carbocycles. The molecule has 6 nitrogen and oxygen atoms in total. The van der Waals surface area contributed by atoms with Crippen LogP contribution in [-0.4, -0.2) is 37.2 Å². The lowest BCUT2D eigenvalue weighted by atomic mass is 10.0. The summed E-state index contributed by atoms with van der Waals surface area (Å²) >= 11 is 0. The van der Waals surface area contributed by atoms with E-state index >= 15 is 0 Å². The second kappa shape index (κ2) is 69.3. The Bertz CT molecular complexity index is 1890. The molecule has 0 aromatic rings. The third kappa shape index (κ3) is 67.4. The van der Waals surface area contributed by atoms with Crippen LogP contribution in [0.25, 0.3) is 0 Å². The number of allylic oxidation sites excluding steroid dienone is 28. The van der Waals surface area contributed by atoms with E-state index in [0.717, 1.165) is 135 Å². The average Bonchev–Trinajstić information content (AvgIpc) is 3.50. The number of ether oxygens (including phenoxy) is 3. The standard InChI is InChI=1S/C77H122O6/c1-4-7-10-13-16-19-22-25-28-31-34-35-36-37-38-39-40-41-44-46-49-52-55-58-61-64-67-70-76(79)82-73-74(83-77(80)71-68-65-62-59-56-53-50-47-43-33-30-27-24-21-18-15-12-9-6-3)72-81-75(78)69-66-63-60-57-54-51-48-45-42-32-29-26-23-20-17-14-11-8-5-2/h7,9-10,12,16-21,25-30,34-35,37-38,42-43,45,47,53,56,62,65,74H,4-6,8,11,13-15,22-24,31-33,36,39-41,44,46,48-52,54-55,57-61,63-64,66-73H2,1-3H3/b10-7-,12-9-,19-16-,20-17-,21-18-,28-25-,29-26-,30-27-,35-34-,38-37-,45-42-,47-43-,56-53-,65-62-. The second-order valence-corrected chi connectivity index (χ2v) is 21.6. The number of carbonyl (C=O) groups is 3. The van der Waals surface area contributed by atoms with Crippen LogP contribution in [0.3, 0.4) is 0 Å². The van der Waals surface area contributed by atoms with E-state index in [2.05, 4.69) is 185 Å². The van der Waals surface area contributed by atoms with Gasteiger partial charge in [0.25, 0.3) is 0 Å². The van der Waals surface area contributed by atoms with Crippen molar-refractivity contribution in [1.29, 1.82) is 0 Å². The minimum Gasteiger partial charge on any atom is -0.462 e. The number of unbranched alkanes of at least 4 members (excludes halogenated alkanes) is 20. The van der Waals surface area contributed by atoms with Crippen molar-refractivity contribution in [2.45, 2.75) is 284 Å². The Labute approximate surface area is 511 Å². The van der Waals surface area contributed by atoms with Gasteiger partial charge in [0.15, 0.2) is 6.10 Å². The molecule has 0 amide bonds. The first-order chi connectivity index (χ1) is 41.0. The van der Waals surface area contributed by atoms with Crippen LogP contribution < -0.4 is 0 Å². The summed E-state index contributed by atoms with van der Waals surface area (Å²) in [5, 5.41) is 0. The third-order valence-corrected chi connectivity index (χ3v) is 13.7. The minimum atomic E-state index is -0.836. The summed E-state index contributed by atoms with van der Waals surface area (Å²) in [6, 6.07) is 0. The monoisotopic (exact) mass is 1140 g/mol. The number of carbonyl (C=O) groups excluding carboxylic acids is 3. The van der Waals surface area contributed by atoms with E-state index in [1.54, 1.807) is 0 Å². The highest BCUT2D eigenvalue weighted by atomic mass is 16.6. The van der Waals surface area contributed by atoms with Crippen LogP contribution in [0.5, 0.6) is 0 Å². The topological polar surface area (TPSA) is 78.9 Å². The van der Waals surface area contributed by atoms with Gasteiger partial charge in [0, 0.05) is 19.3 Å². The molecule has 0 fully saturated rings. The average molecular weight is 1140 g/mol. The Morgan fingerprint density at radius 1 is 0.253 bits per heavy atom. The van der Waals surface area contributed by atoms with Gasteiger partial charge in [-0.05, 0) is 141 Å². The lowest BCUT2D eigenvalue weighted by molar-refractivity contribution is -0.166. The summed E-state index contributed by atoms with van der Waals surface area (Å²) in [7, 11) is 0. The van der Waals surface area contributed by atoms with Crippen LogP contribution >= 0.6 is 0 Å². The van der Waals surface area contributed by atoms with Crippen LogP contribution in [0.2, 0.25) is 0 Å². The molecule has 0 rings (SSSR count). The van der Waals surface area contributed by atoms with E-state index in [0.29, 0.717) is 19.3 Å². The molecule has 0 bridgehead atoms. The van der Waals surface area contributed by atoms with E-state index in [9.17, 15) is 14.4 Å². The zero-order valence-electron chi connectivity index (χ0n) is 53.4. The van der Waals surface area contributed by atoms with Gasteiger partial charge in [0.05, 0.1) is 0 Å². The molecular weight excluding hydrogens is 1020 g/mol. The maximum atomic E-state index is 12.9. The summed E-state index contributed by atoms with van der Waals surface area (Å²) in [5.41, 5.74) is 0. The first-order valence-electron chi connectivity index (χ1n) is 33.6. The highest BCUT2D eigenvalue weighted by molar-refractivity contribution is 5.71. The maximum absolute atomic E-state index is 12.9. The molecule has 0 aliphatic rings. The molecule has 0 heterocycles. The van der Waals surface area contributed by atoms with Gasteiger partial charge in [0.2, 0.25) is 0 Å². The smallest absolute Gasteiger partial charge is 0.306 e. The molecule has 0 aromatic carbocycles. The van der Waals surface area contributed by atoms with Crippen molar-refractivity contribution in [2.24, 2.45) is 0 Å². The van der Waals surface area contributed by atoms with Crippen LogP contribution in [0.1, 0.15) is 278 Å². The molecule has 466 valence electrons. The van der Waals surface area contributed by atoms with Crippen LogP contribution in [-0.2, 0) is 28.6 Å². The third-order valence-electron chi connectivity index (χ3n) is 13.7. The zero-order valence-corrected chi connectivity index (χ0v) is 53.4. The Kier molecular flexibility index (Phi) is 64.9. The molecule has 0 radical (unpaired) electrons. The largest absolute Gasteiger partial charge is 0.462 e. The second-order valence-electron chi connectivity index (χ2n) is 21.6. The van der Waals surface area contributed by atoms with Gasteiger partial charge < -0.3 is 14.2 Å². The van der Waals surface area contributed by atoms with Gasteiger partial charge in [-0.2, -0.15) is 0 Å². The highest BCUT2D eigenvalue weighted by Gasteiger charge is 2.19. The fourth-order valence-electron chi connectivity index (χ4n) is 8.74.